The summed E-state index contributed by atoms with van der Waals surface area (Å²) in [4.78, 5) is 11.7. The molecule has 0 aliphatic heterocycles. The fraction of sp³-hybridized carbons (Fsp3) is 0. The third-order valence-corrected chi connectivity index (χ3v) is 6.83. The molecule has 0 aromatic heterocycles. The molecule has 0 N–H and O–H groups in total. The number of carbonyl (C=O) groups is 1. The lowest BCUT2D eigenvalue weighted by Crippen LogP contribution is -2.14. The van der Waals surface area contributed by atoms with Gasteiger partial charge in [0.05, 0.1) is 8.95 Å². The number of para-hydroxylation sites is 1. The van der Waals surface area contributed by atoms with Crippen molar-refractivity contribution in [1.29, 1.82) is 0 Å². The van der Waals surface area contributed by atoms with Crippen molar-refractivity contribution in [1.82, 2.24) is 0 Å². The zero-order valence-electron chi connectivity index (χ0n) is 9.70. The summed E-state index contributed by atoms with van der Waals surface area (Å²) < 4.78 is 13.1. The highest BCUT2D eigenvalue weighted by Gasteiger charge is 2.16. The predicted molar refractivity (Wildman–Crippen MR) is 90.3 cm³/mol. The number of hydrogen-bond acceptors (Lipinski definition) is 3. The van der Waals surface area contributed by atoms with Crippen molar-refractivity contribution < 1.29 is 14.3 Å². The summed E-state index contributed by atoms with van der Waals surface area (Å²) in [7, 11) is 0. The normalized spacial score (nSPS) is 10.2. The molecule has 2 aromatic carbocycles. The average molecular weight is 530 g/mol. The van der Waals surface area contributed by atoms with E-state index in [1.807, 2.05) is 6.07 Å². The maximum absolute atomic E-state index is 11.7. The van der Waals surface area contributed by atoms with Crippen LogP contribution in [0.2, 0.25) is 0 Å². The fourth-order valence-electron chi connectivity index (χ4n) is 1.32. The molecule has 3 nitrogen and oxygen atoms in total. The smallest absolute Gasteiger partial charge is 0.395 e. The summed E-state index contributed by atoms with van der Waals surface area (Å²) in [5, 5.41) is 0. The van der Waals surface area contributed by atoms with E-state index in [-0.39, 0.29) is 0 Å². The van der Waals surface area contributed by atoms with E-state index in [4.69, 9.17) is 9.47 Å². The molecule has 0 saturated carbocycles. The van der Waals surface area contributed by atoms with Gasteiger partial charge >= 0.3 is 6.16 Å². The minimum atomic E-state index is -0.807. The Morgan fingerprint density at radius 2 is 1.50 bits per heavy atom. The second kappa shape index (κ2) is 7.06. The van der Waals surface area contributed by atoms with Crippen LogP contribution in [0.3, 0.4) is 0 Å². The molecular formula is C13H6Br4O3. The van der Waals surface area contributed by atoms with E-state index in [1.54, 1.807) is 30.3 Å². The molecule has 20 heavy (non-hydrogen) atoms. The van der Waals surface area contributed by atoms with Crippen molar-refractivity contribution in [3.8, 4) is 11.5 Å². The van der Waals surface area contributed by atoms with Crippen LogP contribution < -0.4 is 9.47 Å². The van der Waals surface area contributed by atoms with Crippen LogP contribution in [0.15, 0.2) is 54.3 Å². The van der Waals surface area contributed by atoms with Crippen molar-refractivity contribution >= 4 is 69.9 Å². The van der Waals surface area contributed by atoms with E-state index in [9.17, 15) is 4.79 Å². The molecule has 0 fully saturated rings. The molecule has 0 unspecified atom stereocenters. The SMILES string of the molecule is O=C(Oc1ccccc1)Oc1cc(Br)c(Br)c(Br)c1Br. The lowest BCUT2D eigenvalue weighted by atomic mass is 10.3. The van der Waals surface area contributed by atoms with Crippen LogP contribution in [0, 0.1) is 0 Å². The lowest BCUT2D eigenvalue weighted by Gasteiger charge is -2.10. The Kier molecular flexibility index (Phi) is 5.65. The zero-order valence-corrected chi connectivity index (χ0v) is 16.0. The van der Waals surface area contributed by atoms with Gasteiger partial charge < -0.3 is 9.47 Å². The van der Waals surface area contributed by atoms with Gasteiger partial charge in [-0.25, -0.2) is 4.79 Å². The monoisotopic (exact) mass is 526 g/mol. The van der Waals surface area contributed by atoms with Crippen molar-refractivity contribution in [3.63, 3.8) is 0 Å². The highest BCUT2D eigenvalue weighted by molar-refractivity contribution is 9.15. The van der Waals surface area contributed by atoms with E-state index in [2.05, 4.69) is 63.7 Å². The van der Waals surface area contributed by atoms with E-state index >= 15 is 0 Å². The van der Waals surface area contributed by atoms with Gasteiger partial charge in [-0.3, -0.25) is 0 Å². The van der Waals surface area contributed by atoms with Gasteiger partial charge in [-0.15, -0.1) is 0 Å². The number of ether oxygens (including phenoxy) is 2. The third-order valence-electron chi connectivity index (χ3n) is 2.21. The molecule has 2 aromatic rings. The standard InChI is InChI=1S/C13H6Br4O3/c14-8-6-9(11(16)12(17)10(8)15)20-13(18)19-7-4-2-1-3-5-7/h1-6H. The number of halogens is 4. The number of hydrogen-bond donors (Lipinski definition) is 0. The van der Waals surface area contributed by atoms with Crippen molar-refractivity contribution in [2.45, 2.75) is 0 Å². The molecule has 0 bridgehead atoms. The average Bonchev–Trinajstić information content (AvgIpc) is 2.43. The predicted octanol–water partition coefficient (Wildman–Crippen LogP) is 6.31. The molecule has 2 rings (SSSR count). The fourth-order valence-corrected chi connectivity index (χ4v) is 3.37. The topological polar surface area (TPSA) is 35.5 Å². The van der Waals surface area contributed by atoms with E-state index in [0.717, 1.165) is 13.4 Å². The summed E-state index contributed by atoms with van der Waals surface area (Å²) in [6.07, 6.45) is -0.807. The largest absolute Gasteiger partial charge is 0.519 e. The summed E-state index contributed by atoms with van der Waals surface area (Å²) >= 11 is 13.5. The van der Waals surface area contributed by atoms with E-state index in [1.165, 1.54) is 0 Å². The maximum atomic E-state index is 11.7. The van der Waals surface area contributed by atoms with Crippen LogP contribution in [0.25, 0.3) is 0 Å². The van der Waals surface area contributed by atoms with Gasteiger partial charge in [-0.2, -0.15) is 0 Å². The number of carbonyl (C=O) groups excluding carboxylic acids is 1. The van der Waals surface area contributed by atoms with Gasteiger partial charge in [0.15, 0.2) is 5.75 Å². The Morgan fingerprint density at radius 3 is 2.15 bits per heavy atom. The minimum absolute atomic E-state index is 0.341. The molecule has 0 spiro atoms. The van der Waals surface area contributed by atoms with Crippen molar-refractivity contribution in [2.24, 2.45) is 0 Å². The van der Waals surface area contributed by atoms with Crippen LogP contribution in [-0.4, -0.2) is 6.16 Å². The van der Waals surface area contributed by atoms with Crippen LogP contribution in [0.4, 0.5) is 4.79 Å². The Morgan fingerprint density at radius 1 is 0.850 bits per heavy atom. The molecule has 0 heterocycles. The Balaban J connectivity index is 2.16. The minimum Gasteiger partial charge on any atom is -0.395 e. The molecular weight excluding hydrogens is 524 g/mol. The first-order valence-electron chi connectivity index (χ1n) is 5.26. The van der Waals surface area contributed by atoms with Gasteiger partial charge in [0.2, 0.25) is 0 Å². The van der Waals surface area contributed by atoms with Gasteiger partial charge in [0, 0.05) is 8.95 Å². The summed E-state index contributed by atoms with van der Waals surface area (Å²) in [5.74, 6) is 0.761. The Bertz CT molecular complexity index is 644. The van der Waals surface area contributed by atoms with Crippen LogP contribution in [0.5, 0.6) is 11.5 Å². The quantitative estimate of drug-likeness (QED) is 0.198. The Labute approximate surface area is 149 Å². The Hall–Kier alpha value is -0.370. The van der Waals surface area contributed by atoms with Crippen LogP contribution >= 0.6 is 63.7 Å². The molecule has 0 saturated heterocycles. The third kappa shape index (κ3) is 3.84. The first-order chi connectivity index (χ1) is 9.49. The van der Waals surface area contributed by atoms with Gasteiger partial charge in [-0.05, 0) is 81.9 Å². The molecule has 0 aliphatic carbocycles. The molecule has 0 atom stereocenters. The zero-order chi connectivity index (χ0) is 14.7. The second-order valence-electron chi connectivity index (χ2n) is 3.57. The molecule has 104 valence electrons. The van der Waals surface area contributed by atoms with Gasteiger partial charge in [0.1, 0.15) is 5.75 Å². The molecule has 0 amide bonds. The second-order valence-corrected chi connectivity index (χ2v) is 6.80. The highest BCUT2D eigenvalue weighted by atomic mass is 79.9. The van der Waals surface area contributed by atoms with Gasteiger partial charge in [-0.1, -0.05) is 18.2 Å². The molecule has 7 heteroatoms. The summed E-state index contributed by atoms with van der Waals surface area (Å²) in [5.41, 5.74) is 0. The van der Waals surface area contributed by atoms with E-state index < -0.39 is 6.16 Å². The van der Waals surface area contributed by atoms with Crippen LogP contribution in [-0.2, 0) is 0 Å². The molecule has 0 aliphatic rings. The summed E-state index contributed by atoms with van der Waals surface area (Å²) in [6.45, 7) is 0. The number of benzene rings is 2. The van der Waals surface area contributed by atoms with E-state index in [0.29, 0.717) is 16.0 Å². The van der Waals surface area contributed by atoms with Gasteiger partial charge in [0.25, 0.3) is 0 Å². The highest BCUT2D eigenvalue weighted by Crippen LogP contribution is 2.42. The first-order valence-corrected chi connectivity index (χ1v) is 8.44. The van der Waals surface area contributed by atoms with Crippen LogP contribution in [0.1, 0.15) is 0 Å². The maximum Gasteiger partial charge on any atom is 0.519 e. The number of rotatable bonds is 2. The molecule has 0 radical (unpaired) electrons. The van der Waals surface area contributed by atoms with Crippen molar-refractivity contribution in [3.05, 3.63) is 54.3 Å². The summed E-state index contributed by atoms with van der Waals surface area (Å²) in [6, 6.07) is 10.4. The van der Waals surface area contributed by atoms with Crippen molar-refractivity contribution in [2.75, 3.05) is 0 Å². The first kappa shape index (κ1) is 16.0. The lowest BCUT2D eigenvalue weighted by molar-refractivity contribution is 0.151.